The molecular weight excluding hydrogens is 314 g/mol. The maximum Gasteiger partial charge on any atom is 0.248 e. The number of hydrogen-bond acceptors (Lipinski definition) is 3. The topological polar surface area (TPSA) is 61.4 Å². The van der Waals surface area contributed by atoms with E-state index in [1.54, 1.807) is 0 Å². The van der Waals surface area contributed by atoms with Crippen molar-refractivity contribution >= 4 is 24.2 Å². The maximum absolute atomic E-state index is 12.9. The Morgan fingerprint density at radius 1 is 1.09 bits per heavy atom. The van der Waals surface area contributed by atoms with Crippen LogP contribution in [0.5, 0.6) is 0 Å². The van der Waals surface area contributed by atoms with E-state index in [4.69, 9.17) is 0 Å². The standard InChI is InChI=1S/C17H31N3O2.ClH/c1-3-20(4-2)16(22)17(10-6-5-7-11-17)19-15(21)13-18-12-14-8-9-14;/h14,18H,3-13H2,1-2H3,(H,19,21);1H. The third-order valence-corrected chi connectivity index (χ3v) is 4.96. The number of nitrogens with zero attached hydrogens (tertiary/aromatic N) is 1. The molecular formula is C17H32ClN3O2. The van der Waals surface area contributed by atoms with Crippen molar-refractivity contribution < 1.29 is 9.59 Å². The number of hydrogen-bond donors (Lipinski definition) is 2. The maximum atomic E-state index is 12.9. The Morgan fingerprint density at radius 3 is 2.22 bits per heavy atom. The number of halogens is 1. The average molecular weight is 346 g/mol. The summed E-state index contributed by atoms with van der Waals surface area (Å²) in [6.45, 7) is 6.64. The van der Waals surface area contributed by atoms with Gasteiger partial charge < -0.3 is 15.5 Å². The average Bonchev–Trinajstić information content (AvgIpc) is 3.33. The second-order valence-electron chi connectivity index (χ2n) is 6.74. The van der Waals surface area contributed by atoms with E-state index in [0.717, 1.165) is 44.6 Å². The van der Waals surface area contributed by atoms with Gasteiger partial charge in [0, 0.05) is 13.1 Å². The molecule has 0 spiro atoms. The van der Waals surface area contributed by atoms with Gasteiger partial charge >= 0.3 is 0 Å². The number of amides is 2. The van der Waals surface area contributed by atoms with E-state index in [9.17, 15) is 9.59 Å². The van der Waals surface area contributed by atoms with Gasteiger partial charge in [-0.25, -0.2) is 0 Å². The predicted octanol–water partition coefficient (Wildman–Crippen LogP) is 2.10. The van der Waals surface area contributed by atoms with Gasteiger partial charge in [0.15, 0.2) is 0 Å². The van der Waals surface area contributed by atoms with Gasteiger partial charge in [0.05, 0.1) is 6.54 Å². The van der Waals surface area contributed by atoms with Crippen molar-refractivity contribution in [2.45, 2.75) is 64.3 Å². The minimum atomic E-state index is -0.664. The summed E-state index contributed by atoms with van der Waals surface area (Å²) in [7, 11) is 0. The quantitative estimate of drug-likeness (QED) is 0.708. The Kier molecular flexibility index (Phi) is 8.34. The smallest absolute Gasteiger partial charge is 0.248 e. The first kappa shape index (κ1) is 20.2. The first-order chi connectivity index (χ1) is 10.6. The molecule has 0 aromatic heterocycles. The third-order valence-electron chi connectivity index (χ3n) is 4.96. The summed E-state index contributed by atoms with van der Waals surface area (Å²) in [5, 5.41) is 6.30. The molecule has 2 saturated carbocycles. The molecule has 5 nitrogen and oxygen atoms in total. The van der Waals surface area contributed by atoms with Gasteiger partial charge in [0.25, 0.3) is 0 Å². The summed E-state index contributed by atoms with van der Waals surface area (Å²) < 4.78 is 0. The van der Waals surface area contributed by atoms with Crippen molar-refractivity contribution in [3.8, 4) is 0 Å². The Balaban J connectivity index is 0.00000264. The molecule has 0 aromatic carbocycles. The summed E-state index contributed by atoms with van der Waals surface area (Å²) >= 11 is 0. The normalized spacial score (nSPS) is 19.6. The van der Waals surface area contributed by atoms with Crippen LogP contribution in [-0.2, 0) is 9.59 Å². The number of rotatable bonds is 8. The van der Waals surface area contributed by atoms with E-state index in [1.165, 1.54) is 12.8 Å². The van der Waals surface area contributed by atoms with Crippen LogP contribution in [0.4, 0.5) is 0 Å². The Bertz CT molecular complexity index is 389. The van der Waals surface area contributed by atoms with Crippen molar-refractivity contribution in [1.82, 2.24) is 15.5 Å². The van der Waals surface area contributed by atoms with Crippen molar-refractivity contribution in [3.63, 3.8) is 0 Å². The molecule has 0 radical (unpaired) electrons. The number of carbonyl (C=O) groups excluding carboxylic acids is 2. The molecule has 23 heavy (non-hydrogen) atoms. The van der Waals surface area contributed by atoms with Crippen LogP contribution >= 0.6 is 12.4 Å². The van der Waals surface area contributed by atoms with Crippen molar-refractivity contribution in [1.29, 1.82) is 0 Å². The highest BCUT2D eigenvalue weighted by Gasteiger charge is 2.42. The second kappa shape index (κ2) is 9.48. The highest BCUT2D eigenvalue weighted by Crippen LogP contribution is 2.30. The number of nitrogens with one attached hydrogen (secondary N) is 2. The zero-order chi connectivity index (χ0) is 16.0. The van der Waals surface area contributed by atoms with Crippen molar-refractivity contribution in [2.24, 2.45) is 5.92 Å². The van der Waals surface area contributed by atoms with Gasteiger partial charge in [-0.05, 0) is 52.0 Å². The molecule has 2 fully saturated rings. The second-order valence-corrected chi connectivity index (χ2v) is 6.74. The van der Waals surface area contributed by atoms with Crippen LogP contribution in [0, 0.1) is 5.92 Å². The van der Waals surface area contributed by atoms with E-state index >= 15 is 0 Å². The fourth-order valence-electron chi connectivity index (χ4n) is 3.38. The minimum Gasteiger partial charge on any atom is -0.341 e. The summed E-state index contributed by atoms with van der Waals surface area (Å²) in [5.74, 6) is 0.824. The van der Waals surface area contributed by atoms with E-state index in [0.29, 0.717) is 19.6 Å². The van der Waals surface area contributed by atoms with Gasteiger partial charge in [-0.3, -0.25) is 9.59 Å². The molecule has 0 unspecified atom stereocenters. The highest BCUT2D eigenvalue weighted by molar-refractivity contribution is 5.92. The van der Waals surface area contributed by atoms with Crippen LogP contribution in [0.2, 0.25) is 0 Å². The van der Waals surface area contributed by atoms with Crippen LogP contribution in [0.1, 0.15) is 58.8 Å². The first-order valence-corrected chi connectivity index (χ1v) is 8.92. The van der Waals surface area contributed by atoms with Crippen LogP contribution in [0.3, 0.4) is 0 Å². The van der Waals surface area contributed by atoms with E-state index in [2.05, 4.69) is 10.6 Å². The van der Waals surface area contributed by atoms with Gasteiger partial charge in [0.1, 0.15) is 5.54 Å². The van der Waals surface area contributed by atoms with Crippen molar-refractivity contribution in [2.75, 3.05) is 26.2 Å². The lowest BCUT2D eigenvalue weighted by Crippen LogP contribution is -2.61. The molecule has 2 rings (SSSR count). The van der Waals surface area contributed by atoms with Crippen LogP contribution < -0.4 is 10.6 Å². The molecule has 0 atom stereocenters. The van der Waals surface area contributed by atoms with Crippen LogP contribution in [0.25, 0.3) is 0 Å². The molecule has 0 aliphatic heterocycles. The third kappa shape index (κ3) is 5.64. The summed E-state index contributed by atoms with van der Waals surface area (Å²) in [6.07, 6.45) is 7.29. The predicted molar refractivity (Wildman–Crippen MR) is 94.7 cm³/mol. The van der Waals surface area contributed by atoms with E-state index < -0.39 is 5.54 Å². The Labute approximate surface area is 146 Å². The summed E-state index contributed by atoms with van der Waals surface area (Å²) in [4.78, 5) is 27.0. The first-order valence-electron chi connectivity index (χ1n) is 8.92. The lowest BCUT2D eigenvalue weighted by atomic mass is 9.80. The molecule has 0 bridgehead atoms. The molecule has 2 N–H and O–H groups in total. The Hall–Kier alpha value is -0.810. The molecule has 2 amide bonds. The summed E-state index contributed by atoms with van der Waals surface area (Å²) in [6, 6.07) is 0. The van der Waals surface area contributed by atoms with Gasteiger partial charge in [-0.15, -0.1) is 12.4 Å². The zero-order valence-electron chi connectivity index (χ0n) is 14.5. The molecule has 134 valence electrons. The molecule has 6 heteroatoms. The number of carbonyl (C=O) groups is 2. The fraction of sp³-hybridized carbons (Fsp3) is 0.882. The van der Waals surface area contributed by atoms with Gasteiger partial charge in [0.2, 0.25) is 11.8 Å². The van der Waals surface area contributed by atoms with Crippen LogP contribution in [-0.4, -0.2) is 48.4 Å². The zero-order valence-corrected chi connectivity index (χ0v) is 15.3. The van der Waals surface area contributed by atoms with Crippen molar-refractivity contribution in [3.05, 3.63) is 0 Å². The largest absolute Gasteiger partial charge is 0.341 e. The Morgan fingerprint density at radius 2 is 1.70 bits per heavy atom. The van der Waals surface area contributed by atoms with Crippen LogP contribution in [0.15, 0.2) is 0 Å². The number of likely N-dealkylation sites (N-methyl/N-ethyl adjacent to an activating group) is 1. The molecule has 2 aliphatic carbocycles. The van der Waals surface area contributed by atoms with E-state index in [1.807, 2.05) is 18.7 Å². The van der Waals surface area contributed by atoms with E-state index in [-0.39, 0.29) is 24.2 Å². The lowest BCUT2D eigenvalue weighted by Gasteiger charge is -2.40. The summed E-state index contributed by atoms with van der Waals surface area (Å²) in [5.41, 5.74) is -0.664. The fourth-order valence-corrected chi connectivity index (χ4v) is 3.38. The molecule has 0 saturated heterocycles. The SMILES string of the molecule is CCN(CC)C(=O)C1(NC(=O)CNCC2CC2)CCCCC1.Cl. The molecule has 2 aliphatic rings. The highest BCUT2D eigenvalue weighted by atomic mass is 35.5. The minimum absolute atomic E-state index is 0. The van der Waals surface area contributed by atoms with Gasteiger partial charge in [-0.2, -0.15) is 0 Å². The van der Waals surface area contributed by atoms with Gasteiger partial charge in [-0.1, -0.05) is 19.3 Å². The lowest BCUT2D eigenvalue weighted by molar-refractivity contribution is -0.143. The molecule has 0 heterocycles. The molecule has 0 aromatic rings. The monoisotopic (exact) mass is 345 g/mol.